The molecule has 0 saturated heterocycles. The Morgan fingerprint density at radius 1 is 1.19 bits per heavy atom. The molecule has 1 aromatic heterocycles. The summed E-state index contributed by atoms with van der Waals surface area (Å²) in [5.41, 5.74) is 2.97. The number of aryl methyl sites for hydroxylation is 2. The van der Waals surface area contributed by atoms with Crippen LogP contribution in [0.4, 0.5) is 5.69 Å². The van der Waals surface area contributed by atoms with E-state index < -0.39 is 0 Å². The maximum absolute atomic E-state index is 12.3. The molecule has 1 N–H and O–H groups in total. The van der Waals surface area contributed by atoms with Crippen molar-refractivity contribution < 1.29 is 9.53 Å². The third-order valence-electron chi connectivity index (χ3n) is 4.08. The Hall–Kier alpha value is -2.80. The van der Waals surface area contributed by atoms with Crippen molar-refractivity contribution in [2.75, 3.05) is 18.2 Å². The van der Waals surface area contributed by atoms with E-state index in [1.165, 1.54) is 17.3 Å². The van der Waals surface area contributed by atoms with E-state index in [4.69, 9.17) is 4.74 Å². The zero-order chi connectivity index (χ0) is 19.2. The van der Waals surface area contributed by atoms with Crippen molar-refractivity contribution in [2.45, 2.75) is 25.4 Å². The molecule has 1 amide bonds. The lowest BCUT2D eigenvalue weighted by molar-refractivity contribution is -0.113. The van der Waals surface area contributed by atoms with Crippen molar-refractivity contribution in [3.63, 3.8) is 0 Å². The van der Waals surface area contributed by atoms with Crippen LogP contribution < -0.4 is 10.1 Å². The Morgan fingerprint density at radius 3 is 2.67 bits per heavy atom. The lowest BCUT2D eigenvalue weighted by Gasteiger charge is -2.10. The summed E-state index contributed by atoms with van der Waals surface area (Å²) < 4.78 is 7.13. The molecule has 0 bridgehead atoms. The number of rotatable bonds is 7. The van der Waals surface area contributed by atoms with Gasteiger partial charge in [0.15, 0.2) is 5.16 Å². The van der Waals surface area contributed by atoms with Gasteiger partial charge in [0.05, 0.1) is 12.9 Å². The highest BCUT2D eigenvalue weighted by atomic mass is 32.2. The molecule has 0 unspecified atom stereocenters. The van der Waals surface area contributed by atoms with Gasteiger partial charge in [0.1, 0.15) is 11.6 Å². The second-order valence-electron chi connectivity index (χ2n) is 5.95. The number of nitrogens with one attached hydrogen (secondary N) is 1. The van der Waals surface area contributed by atoms with E-state index in [9.17, 15) is 4.79 Å². The maximum atomic E-state index is 12.3. The highest BCUT2D eigenvalue weighted by molar-refractivity contribution is 7.99. The van der Waals surface area contributed by atoms with Gasteiger partial charge in [-0.1, -0.05) is 36.9 Å². The fourth-order valence-corrected chi connectivity index (χ4v) is 3.44. The summed E-state index contributed by atoms with van der Waals surface area (Å²) in [5.74, 6) is 1.62. The summed E-state index contributed by atoms with van der Waals surface area (Å²) in [6.07, 6.45) is 0.994. The van der Waals surface area contributed by atoms with Crippen LogP contribution in [0.3, 0.4) is 0 Å². The molecule has 0 spiro atoms. The summed E-state index contributed by atoms with van der Waals surface area (Å²) in [7, 11) is 1.60. The van der Waals surface area contributed by atoms with Crippen molar-refractivity contribution in [3.05, 3.63) is 59.9 Å². The molecule has 0 saturated carbocycles. The lowest BCUT2D eigenvalue weighted by Crippen LogP contribution is -2.14. The van der Waals surface area contributed by atoms with Crippen LogP contribution in [0.2, 0.25) is 0 Å². The first-order chi connectivity index (χ1) is 13.1. The second kappa shape index (κ2) is 8.73. The molecule has 2 aromatic carbocycles. The van der Waals surface area contributed by atoms with Gasteiger partial charge in [0.25, 0.3) is 0 Å². The number of carbonyl (C=O) groups is 1. The first-order valence-electron chi connectivity index (χ1n) is 8.68. The predicted molar refractivity (Wildman–Crippen MR) is 108 cm³/mol. The zero-order valence-electron chi connectivity index (χ0n) is 15.6. The summed E-state index contributed by atoms with van der Waals surface area (Å²) >= 11 is 1.36. The van der Waals surface area contributed by atoms with Crippen LogP contribution in [0.5, 0.6) is 5.75 Å². The first-order valence-corrected chi connectivity index (χ1v) is 9.67. The topological polar surface area (TPSA) is 69.0 Å². The molecule has 7 heteroatoms. The molecular weight excluding hydrogens is 360 g/mol. The van der Waals surface area contributed by atoms with E-state index >= 15 is 0 Å². The number of benzene rings is 2. The van der Waals surface area contributed by atoms with E-state index in [1.54, 1.807) is 13.2 Å². The van der Waals surface area contributed by atoms with E-state index in [1.807, 2.05) is 29.7 Å². The van der Waals surface area contributed by atoms with Crippen LogP contribution in [0.25, 0.3) is 5.69 Å². The molecule has 0 atom stereocenters. The van der Waals surface area contributed by atoms with Crippen LogP contribution in [0, 0.1) is 6.92 Å². The highest BCUT2D eigenvalue weighted by Gasteiger charge is 2.13. The van der Waals surface area contributed by atoms with Gasteiger partial charge in [-0.15, -0.1) is 10.2 Å². The number of carbonyl (C=O) groups excluding carboxylic acids is 1. The maximum Gasteiger partial charge on any atom is 0.234 e. The number of thioether (sulfide) groups is 1. The Balaban J connectivity index is 1.68. The van der Waals surface area contributed by atoms with E-state index in [2.05, 4.69) is 46.7 Å². The van der Waals surface area contributed by atoms with Crippen molar-refractivity contribution in [1.29, 1.82) is 0 Å². The van der Waals surface area contributed by atoms with Gasteiger partial charge in [-0.3, -0.25) is 9.36 Å². The first kappa shape index (κ1) is 19.0. The molecular formula is C20H22N4O2S. The minimum Gasteiger partial charge on any atom is -0.497 e. The number of hydrogen-bond acceptors (Lipinski definition) is 5. The highest BCUT2D eigenvalue weighted by Crippen LogP contribution is 2.23. The quantitative estimate of drug-likeness (QED) is 0.628. The third-order valence-corrected chi connectivity index (χ3v) is 5.01. The molecule has 6 nitrogen and oxygen atoms in total. The Morgan fingerprint density at radius 2 is 1.96 bits per heavy atom. The number of hydrogen-bond donors (Lipinski definition) is 1. The number of methoxy groups -OCH3 is 1. The molecule has 0 aliphatic carbocycles. The molecule has 27 heavy (non-hydrogen) atoms. The lowest BCUT2D eigenvalue weighted by atomic mass is 10.1. The van der Waals surface area contributed by atoms with Crippen LogP contribution in [-0.4, -0.2) is 33.5 Å². The van der Waals surface area contributed by atoms with E-state index in [0.29, 0.717) is 16.6 Å². The number of anilines is 1. The van der Waals surface area contributed by atoms with E-state index in [0.717, 1.165) is 17.9 Å². The fraction of sp³-hybridized carbons (Fsp3) is 0.250. The minimum atomic E-state index is -0.109. The summed E-state index contributed by atoms with van der Waals surface area (Å²) in [5, 5.41) is 11.9. The van der Waals surface area contributed by atoms with Crippen molar-refractivity contribution in [1.82, 2.24) is 14.8 Å². The Labute approximate surface area is 163 Å². The number of nitrogens with zero attached hydrogens (tertiary/aromatic N) is 3. The predicted octanol–water partition coefficient (Wildman–Crippen LogP) is 3.88. The molecule has 0 aliphatic heterocycles. The minimum absolute atomic E-state index is 0.109. The van der Waals surface area contributed by atoms with Crippen LogP contribution in [-0.2, 0) is 11.2 Å². The molecule has 3 aromatic rings. The smallest absolute Gasteiger partial charge is 0.234 e. The third kappa shape index (κ3) is 4.68. The summed E-state index contributed by atoms with van der Waals surface area (Å²) in [4.78, 5) is 12.3. The zero-order valence-corrected chi connectivity index (χ0v) is 16.4. The van der Waals surface area contributed by atoms with Crippen molar-refractivity contribution >= 4 is 23.4 Å². The van der Waals surface area contributed by atoms with Gasteiger partial charge >= 0.3 is 0 Å². The molecule has 0 aliphatic rings. The summed E-state index contributed by atoms with van der Waals surface area (Å²) in [6.45, 7) is 4.03. The van der Waals surface area contributed by atoms with Gasteiger partial charge in [-0.2, -0.15) is 0 Å². The molecule has 3 rings (SSSR count). The van der Waals surface area contributed by atoms with Crippen LogP contribution >= 0.6 is 11.8 Å². The van der Waals surface area contributed by atoms with Gasteiger partial charge in [0, 0.05) is 17.4 Å². The standard InChI is InChI=1S/C20H22N4O2S/c1-4-15-8-10-17(11-9-15)24-14(2)22-23-20(24)27-13-19(25)21-16-6-5-7-18(12-16)26-3/h5-12H,4,13H2,1-3H3,(H,21,25). The molecule has 140 valence electrons. The monoisotopic (exact) mass is 382 g/mol. The van der Waals surface area contributed by atoms with Gasteiger partial charge in [-0.25, -0.2) is 0 Å². The molecule has 0 fully saturated rings. The van der Waals surface area contributed by atoms with Gasteiger partial charge in [0.2, 0.25) is 5.91 Å². The fourth-order valence-electron chi connectivity index (χ4n) is 2.64. The largest absolute Gasteiger partial charge is 0.497 e. The number of ether oxygens (including phenoxy) is 1. The number of amides is 1. The second-order valence-corrected chi connectivity index (χ2v) is 6.90. The molecule has 0 radical (unpaired) electrons. The molecule has 1 heterocycles. The number of aromatic nitrogens is 3. The van der Waals surface area contributed by atoms with E-state index in [-0.39, 0.29) is 11.7 Å². The van der Waals surface area contributed by atoms with Crippen molar-refractivity contribution in [3.8, 4) is 11.4 Å². The van der Waals surface area contributed by atoms with Gasteiger partial charge < -0.3 is 10.1 Å². The van der Waals surface area contributed by atoms with Crippen LogP contribution in [0.15, 0.2) is 53.7 Å². The average molecular weight is 382 g/mol. The SMILES string of the molecule is CCc1ccc(-n2c(C)nnc2SCC(=O)Nc2cccc(OC)c2)cc1. The van der Waals surface area contributed by atoms with Gasteiger partial charge in [-0.05, 0) is 43.2 Å². The van der Waals surface area contributed by atoms with Crippen LogP contribution in [0.1, 0.15) is 18.3 Å². The summed E-state index contributed by atoms with van der Waals surface area (Å²) in [6, 6.07) is 15.6. The average Bonchev–Trinajstić information content (AvgIpc) is 3.07. The Bertz CT molecular complexity index is 922. The normalized spacial score (nSPS) is 10.6. The van der Waals surface area contributed by atoms with Crippen molar-refractivity contribution in [2.24, 2.45) is 0 Å². The Kier molecular flexibility index (Phi) is 6.13.